The summed E-state index contributed by atoms with van der Waals surface area (Å²) in [6, 6.07) is 0. The molecule has 2 unspecified atom stereocenters. The smallest absolute Gasteiger partial charge is 0.793 e. The van der Waals surface area contributed by atoms with E-state index in [0.29, 0.717) is 13.2 Å². The summed E-state index contributed by atoms with van der Waals surface area (Å²) in [6.07, 6.45) is 29.7. The van der Waals surface area contributed by atoms with E-state index in [1.54, 1.807) is 0 Å². The van der Waals surface area contributed by atoms with Gasteiger partial charge in [0, 0.05) is 11.4 Å². The fraction of sp³-hybridized carbons (Fsp3) is 1.00. The Hall–Kier alpha value is 3.10. The predicted octanol–water partition coefficient (Wildman–Crippen LogP) is 11.7. The van der Waals surface area contributed by atoms with E-state index in [1.165, 1.54) is 138 Å². The molecule has 0 aliphatic heterocycles. The van der Waals surface area contributed by atoms with E-state index in [2.05, 4.69) is 27.7 Å². The molecule has 0 saturated carbocycles. The van der Waals surface area contributed by atoms with Crippen LogP contribution in [-0.2, 0) is 32.7 Å². The molecule has 0 amide bonds. The van der Waals surface area contributed by atoms with Crippen molar-refractivity contribution in [3.63, 3.8) is 0 Å². The largest absolute Gasteiger partial charge is 2.00 e. The Morgan fingerprint density at radius 3 is 0.930 bits per heavy atom. The third kappa shape index (κ3) is 45.1. The van der Waals surface area contributed by atoms with Gasteiger partial charge in [-0.1, -0.05) is 180 Å². The molecule has 0 heterocycles. The average Bonchev–Trinajstić information content (AvgIpc) is 2.95. The summed E-state index contributed by atoms with van der Waals surface area (Å²) in [5, 5.41) is 0. The molecule has 0 radical (unpaired) electrons. The molecule has 0 rings (SSSR count). The molecular weight excluding hydrogens is 679 g/mol. The monoisotopic (exact) mass is 746 g/mol. The Morgan fingerprint density at radius 2 is 0.651 bits per heavy atom. The quantitative estimate of drug-likeness (QED) is 0.0383. The van der Waals surface area contributed by atoms with E-state index in [4.69, 9.17) is 32.7 Å². The van der Waals surface area contributed by atoms with Crippen molar-refractivity contribution >= 4 is 95.5 Å². The minimum Gasteiger partial charge on any atom is -0.793 e. The molecule has 0 N–H and O–H groups in total. The maximum Gasteiger partial charge on any atom is 2.00 e. The summed E-state index contributed by atoms with van der Waals surface area (Å²) < 4.78 is 10.8. The van der Waals surface area contributed by atoms with Gasteiger partial charge in [0.2, 0.25) is 0 Å². The average molecular weight is 747 g/mol. The van der Waals surface area contributed by atoms with E-state index >= 15 is 0 Å². The fourth-order valence-corrected chi connectivity index (χ4v) is 11.1. The van der Waals surface area contributed by atoms with E-state index in [-0.39, 0.29) is 37.7 Å². The van der Waals surface area contributed by atoms with Gasteiger partial charge in [-0.05, 0) is 37.2 Å². The standard InChI is InChI=1S/2C16H35O2PS2.Ca/c2*1-3-5-7-9-11-13-15-18-19(17,20)21-16-14-12-10-8-6-4-2;/h2*3-16H2,1-2H3,(H,17,20);/q;;+2/p-2. The topological polar surface area (TPSA) is 64.6 Å². The van der Waals surface area contributed by atoms with Gasteiger partial charge in [0.15, 0.2) is 0 Å². The van der Waals surface area contributed by atoms with Gasteiger partial charge in [0.25, 0.3) is 0 Å². The summed E-state index contributed by atoms with van der Waals surface area (Å²) >= 11 is 12.9. The van der Waals surface area contributed by atoms with Crippen LogP contribution in [0.2, 0.25) is 0 Å². The van der Waals surface area contributed by atoms with Crippen LogP contribution < -0.4 is 9.79 Å². The van der Waals surface area contributed by atoms with Crippen molar-refractivity contribution in [3.8, 4) is 0 Å². The molecule has 0 fully saturated rings. The summed E-state index contributed by atoms with van der Waals surface area (Å²) in [7, 11) is 0. The van der Waals surface area contributed by atoms with Gasteiger partial charge >= 0.3 is 37.7 Å². The van der Waals surface area contributed by atoms with Crippen molar-refractivity contribution in [2.75, 3.05) is 24.7 Å². The number of hydrogen-bond donors (Lipinski definition) is 0. The van der Waals surface area contributed by atoms with Crippen molar-refractivity contribution in [2.45, 2.75) is 182 Å². The van der Waals surface area contributed by atoms with Gasteiger partial charge in [0.05, 0.1) is 13.2 Å². The van der Waals surface area contributed by atoms with E-state index in [1.807, 2.05) is 0 Å². The molecule has 2 atom stereocenters. The normalized spacial score (nSPS) is 13.9. The van der Waals surface area contributed by atoms with Crippen LogP contribution >= 0.6 is 34.2 Å². The molecule has 0 saturated heterocycles. The second-order valence-corrected chi connectivity index (χ2v) is 23.6. The Kier molecular flexibility index (Phi) is 46.4. The zero-order chi connectivity index (χ0) is 31.6. The molecule has 0 bridgehead atoms. The molecule has 0 aliphatic carbocycles. The van der Waals surface area contributed by atoms with Crippen LogP contribution in [0, 0.1) is 0 Å². The van der Waals surface area contributed by atoms with E-state index in [0.717, 1.165) is 50.0 Å². The summed E-state index contributed by atoms with van der Waals surface area (Å²) in [6.45, 7) is 10.0. The molecule has 0 aromatic carbocycles. The zero-order valence-corrected chi connectivity index (χ0v) is 35.9. The molecule has 0 aromatic rings. The van der Waals surface area contributed by atoms with Crippen LogP contribution in [-0.4, -0.2) is 62.5 Å². The molecule has 0 aromatic heterocycles. The van der Waals surface area contributed by atoms with Crippen LogP contribution in [0.3, 0.4) is 0 Å². The zero-order valence-electron chi connectivity index (χ0n) is 28.7. The van der Waals surface area contributed by atoms with Crippen LogP contribution in [0.15, 0.2) is 0 Å². The third-order valence-corrected chi connectivity index (χ3v) is 15.7. The van der Waals surface area contributed by atoms with Gasteiger partial charge in [0.1, 0.15) is 0 Å². The minimum absolute atomic E-state index is 0. The third-order valence-electron chi connectivity index (χ3n) is 6.99. The Morgan fingerprint density at radius 1 is 0.419 bits per heavy atom. The molecule has 256 valence electrons. The summed E-state index contributed by atoms with van der Waals surface area (Å²) in [5.74, 6) is 1.76. The van der Waals surface area contributed by atoms with Crippen LogP contribution in [0.1, 0.15) is 182 Å². The van der Waals surface area contributed by atoms with Gasteiger partial charge in [-0.15, -0.1) is 22.8 Å². The maximum atomic E-state index is 12.0. The Bertz CT molecular complexity index is 540. The van der Waals surface area contributed by atoms with Crippen molar-refractivity contribution in [3.05, 3.63) is 0 Å². The van der Waals surface area contributed by atoms with Crippen molar-refractivity contribution in [1.82, 2.24) is 0 Å². The summed E-state index contributed by atoms with van der Waals surface area (Å²) in [5.41, 5.74) is -5.63. The van der Waals surface area contributed by atoms with Gasteiger partial charge < -0.3 is 18.8 Å². The molecule has 4 nitrogen and oxygen atoms in total. The Balaban J connectivity index is -0.000000727. The van der Waals surface area contributed by atoms with Crippen LogP contribution in [0.5, 0.6) is 0 Å². The van der Waals surface area contributed by atoms with Gasteiger partial charge in [-0.2, -0.15) is 0 Å². The Labute approximate surface area is 317 Å². The first kappa shape index (κ1) is 50.5. The molecule has 0 spiro atoms. The second-order valence-electron chi connectivity index (χ2n) is 11.3. The van der Waals surface area contributed by atoms with E-state index < -0.39 is 11.4 Å². The number of unbranched alkanes of at least 4 members (excludes halogenated alkanes) is 20. The molecule has 43 heavy (non-hydrogen) atoms. The van der Waals surface area contributed by atoms with Crippen LogP contribution in [0.25, 0.3) is 0 Å². The van der Waals surface area contributed by atoms with E-state index in [9.17, 15) is 9.79 Å². The maximum absolute atomic E-state index is 12.0. The predicted molar refractivity (Wildman–Crippen MR) is 205 cm³/mol. The fourth-order valence-electron chi connectivity index (χ4n) is 4.31. The second kappa shape index (κ2) is 39.5. The summed E-state index contributed by atoms with van der Waals surface area (Å²) in [4.78, 5) is 24.1. The molecule has 0 aliphatic rings. The van der Waals surface area contributed by atoms with Gasteiger partial charge in [-0.3, -0.25) is 0 Å². The number of hydrogen-bond acceptors (Lipinski definition) is 8. The molecular formula is C32H68CaO4P2S4. The first-order chi connectivity index (χ1) is 20.2. The minimum atomic E-state index is -2.82. The number of rotatable bonds is 32. The van der Waals surface area contributed by atoms with Crippen molar-refractivity contribution < 1.29 is 18.8 Å². The van der Waals surface area contributed by atoms with Crippen molar-refractivity contribution in [1.29, 1.82) is 0 Å². The first-order valence-electron chi connectivity index (χ1n) is 17.4. The van der Waals surface area contributed by atoms with Crippen LogP contribution in [0.4, 0.5) is 0 Å². The first-order valence-corrected chi connectivity index (χ1v) is 25.9. The van der Waals surface area contributed by atoms with Crippen molar-refractivity contribution in [2.24, 2.45) is 0 Å². The SMILES string of the molecule is CCCCCCCCOP([O-])(=S)SCCCCCCCC.CCCCCCCCOP([O-])(=S)SCCCCCCCC.[Ca+2]. The molecule has 11 heteroatoms. The van der Waals surface area contributed by atoms with Gasteiger partial charge in [-0.25, -0.2) is 0 Å².